The van der Waals surface area contributed by atoms with E-state index in [1.54, 1.807) is 0 Å². The molecule has 3 saturated carbocycles. The van der Waals surface area contributed by atoms with E-state index in [4.69, 9.17) is 0 Å². The zero-order valence-corrected chi connectivity index (χ0v) is 12.2. The van der Waals surface area contributed by atoms with Crippen LogP contribution in [-0.4, -0.2) is 42.6 Å². The molecule has 3 aliphatic rings. The smallest absolute Gasteiger partial charge is 0.239 e. The van der Waals surface area contributed by atoms with Gasteiger partial charge in [-0.25, -0.2) is 4.57 Å². The maximum absolute atomic E-state index is 12.3. The van der Waals surface area contributed by atoms with Crippen LogP contribution in [0.3, 0.4) is 0 Å². The van der Waals surface area contributed by atoms with Gasteiger partial charge >= 0.3 is 0 Å². The van der Waals surface area contributed by atoms with Crippen LogP contribution < -0.4 is 0 Å². The minimum atomic E-state index is -1.52. The van der Waals surface area contributed by atoms with Crippen molar-refractivity contribution in [3.63, 3.8) is 0 Å². The van der Waals surface area contributed by atoms with Crippen molar-refractivity contribution in [2.45, 2.75) is 44.8 Å². The second kappa shape index (κ2) is 4.24. The van der Waals surface area contributed by atoms with Gasteiger partial charge in [0, 0.05) is 12.1 Å². The molecule has 0 aliphatic heterocycles. The molecule has 1 aromatic rings. The van der Waals surface area contributed by atoms with E-state index < -0.39 is 17.6 Å². The van der Waals surface area contributed by atoms with Crippen molar-refractivity contribution in [1.82, 2.24) is 4.57 Å². The highest BCUT2D eigenvalue weighted by Crippen LogP contribution is 2.63. The molecule has 0 unspecified atom stereocenters. The van der Waals surface area contributed by atoms with Crippen LogP contribution in [0.4, 0.5) is 0 Å². The lowest BCUT2D eigenvalue weighted by molar-refractivity contribution is -0.251. The average Bonchev–Trinajstić information content (AvgIpc) is 2.71. The summed E-state index contributed by atoms with van der Waals surface area (Å²) in [7, 11) is 0. The molecule has 21 heavy (non-hydrogen) atoms. The summed E-state index contributed by atoms with van der Waals surface area (Å²) in [5.41, 5.74) is -1.63. The number of fused-ring (bicyclic) bond motifs is 2. The van der Waals surface area contributed by atoms with E-state index in [9.17, 15) is 25.2 Å². The van der Waals surface area contributed by atoms with E-state index in [-0.39, 0.29) is 29.5 Å². The molecule has 4 atom stereocenters. The van der Waals surface area contributed by atoms with Gasteiger partial charge in [-0.15, -0.1) is 0 Å². The lowest BCUT2D eigenvalue weighted by atomic mass is 9.43. The number of carbonyl (C=O) groups excluding carboxylic acids is 1. The number of hydrogen-bond donors (Lipinski definition) is 4. The van der Waals surface area contributed by atoms with Gasteiger partial charge in [-0.3, -0.25) is 4.79 Å². The van der Waals surface area contributed by atoms with Crippen molar-refractivity contribution in [3.8, 4) is 11.8 Å². The summed E-state index contributed by atoms with van der Waals surface area (Å²) >= 11 is 0. The second-order valence-electron chi connectivity index (χ2n) is 7.00. The van der Waals surface area contributed by atoms with Crippen molar-refractivity contribution in [2.24, 2.45) is 17.3 Å². The Balaban J connectivity index is 1.88. The molecule has 6 nitrogen and oxygen atoms in total. The molecule has 6 heteroatoms. The van der Waals surface area contributed by atoms with E-state index in [0.717, 1.165) is 11.0 Å². The van der Waals surface area contributed by atoms with Crippen LogP contribution in [-0.2, 0) is 0 Å². The van der Waals surface area contributed by atoms with Crippen LogP contribution in [0.15, 0.2) is 12.1 Å². The molecule has 116 valence electrons. The van der Waals surface area contributed by atoms with Gasteiger partial charge in [0.2, 0.25) is 17.7 Å². The van der Waals surface area contributed by atoms with Gasteiger partial charge in [0.05, 0.1) is 12.5 Å². The summed E-state index contributed by atoms with van der Waals surface area (Å²) in [6.07, 6.45) is -0.0304. The second-order valence-corrected chi connectivity index (χ2v) is 7.00. The molecular weight excluding hydrogens is 274 g/mol. The van der Waals surface area contributed by atoms with Crippen molar-refractivity contribution in [1.29, 1.82) is 0 Å². The topological polar surface area (TPSA) is 103 Å². The highest BCUT2D eigenvalue weighted by atomic mass is 16.3. The Morgan fingerprint density at radius 1 is 1.29 bits per heavy atom. The maximum Gasteiger partial charge on any atom is 0.239 e. The summed E-state index contributed by atoms with van der Waals surface area (Å²) in [5, 5.41) is 40.3. The zero-order chi connectivity index (χ0) is 15.6. The van der Waals surface area contributed by atoms with Crippen molar-refractivity contribution >= 4 is 5.91 Å². The van der Waals surface area contributed by atoms with Crippen LogP contribution >= 0.6 is 0 Å². The van der Waals surface area contributed by atoms with Gasteiger partial charge < -0.3 is 20.4 Å². The Morgan fingerprint density at radius 3 is 2.38 bits per heavy atom. The lowest BCUT2D eigenvalue weighted by Crippen LogP contribution is -2.68. The monoisotopic (exact) mass is 295 g/mol. The minimum absolute atomic E-state index is 0.116. The van der Waals surface area contributed by atoms with E-state index >= 15 is 0 Å². The molecule has 0 aromatic carbocycles. The molecule has 3 fully saturated rings. The fourth-order valence-electron chi connectivity index (χ4n) is 4.20. The predicted molar refractivity (Wildman–Crippen MR) is 74.0 cm³/mol. The number of aromatic hydroxyl groups is 2. The largest absolute Gasteiger partial charge is 0.494 e. The van der Waals surface area contributed by atoms with E-state index in [1.165, 1.54) is 12.1 Å². The Labute approximate surface area is 122 Å². The van der Waals surface area contributed by atoms with Gasteiger partial charge in [0.15, 0.2) is 0 Å². The van der Waals surface area contributed by atoms with Crippen LogP contribution in [0.2, 0.25) is 0 Å². The number of carbonyl (C=O) groups is 1. The van der Waals surface area contributed by atoms with Crippen LogP contribution in [0, 0.1) is 17.3 Å². The Bertz CT molecular complexity index is 573. The number of rotatable bonds is 2. The minimum Gasteiger partial charge on any atom is -0.494 e. The third kappa shape index (κ3) is 1.82. The molecule has 4 rings (SSSR count). The highest BCUT2D eigenvalue weighted by molar-refractivity contribution is 5.83. The van der Waals surface area contributed by atoms with E-state index in [2.05, 4.69) is 0 Å². The molecule has 3 aliphatic carbocycles. The summed E-state index contributed by atoms with van der Waals surface area (Å²) < 4.78 is 0.752. The summed E-state index contributed by atoms with van der Waals surface area (Å²) in [6.45, 7) is 4.08. The Hall–Kier alpha value is -1.53. The van der Waals surface area contributed by atoms with Crippen molar-refractivity contribution < 1.29 is 25.2 Å². The molecule has 0 amide bonds. The maximum atomic E-state index is 12.3. The molecule has 1 heterocycles. The standard InChI is InChI=1S/C15H21NO5/c1-14(2)8-5-9(14)15(21,10(17)6-8)7-13(20)16-11(18)3-4-12(16)19/h3-4,8-10,17-19,21H,5-7H2,1-2H3/t8-,9-,10+,15-/m1/s1. The van der Waals surface area contributed by atoms with Gasteiger partial charge in [-0.2, -0.15) is 0 Å². The summed E-state index contributed by atoms with van der Waals surface area (Å²) in [6, 6.07) is 2.41. The first-order valence-electron chi connectivity index (χ1n) is 7.21. The van der Waals surface area contributed by atoms with Gasteiger partial charge in [0.25, 0.3) is 0 Å². The third-order valence-electron chi connectivity index (χ3n) is 5.68. The Kier molecular flexibility index (Phi) is 2.91. The molecular formula is C15H21NO5. The normalized spacial score (nSPS) is 37.0. The van der Waals surface area contributed by atoms with Gasteiger partial charge in [0.1, 0.15) is 5.60 Å². The molecule has 0 spiro atoms. The lowest BCUT2D eigenvalue weighted by Gasteiger charge is -2.64. The highest BCUT2D eigenvalue weighted by Gasteiger charge is 2.65. The SMILES string of the molecule is CC1(C)[C@@H]2C[C@H]1[C@](O)(CC(=O)n1c(O)ccc1O)[C@@H](O)C2. The van der Waals surface area contributed by atoms with E-state index in [1.807, 2.05) is 13.8 Å². The average molecular weight is 295 g/mol. The molecule has 1 aromatic heterocycles. The van der Waals surface area contributed by atoms with Crippen molar-refractivity contribution in [3.05, 3.63) is 12.1 Å². The zero-order valence-electron chi connectivity index (χ0n) is 12.2. The first-order chi connectivity index (χ1) is 9.68. The van der Waals surface area contributed by atoms with Crippen LogP contribution in [0.25, 0.3) is 0 Å². The predicted octanol–water partition coefficient (Wildman–Crippen LogP) is 1.09. The van der Waals surface area contributed by atoms with E-state index in [0.29, 0.717) is 12.3 Å². The summed E-state index contributed by atoms with van der Waals surface area (Å²) in [4.78, 5) is 12.3. The third-order valence-corrected chi connectivity index (χ3v) is 5.68. The first kappa shape index (κ1) is 14.4. The number of hydrogen-bond acceptors (Lipinski definition) is 5. The molecule has 0 radical (unpaired) electrons. The number of nitrogens with zero attached hydrogens (tertiary/aromatic N) is 1. The number of aliphatic hydroxyl groups excluding tert-OH is 1. The van der Waals surface area contributed by atoms with Crippen molar-refractivity contribution in [2.75, 3.05) is 0 Å². The van der Waals surface area contributed by atoms with Gasteiger partial charge in [-0.1, -0.05) is 13.8 Å². The van der Waals surface area contributed by atoms with Gasteiger partial charge in [-0.05, 0) is 30.1 Å². The summed E-state index contributed by atoms with van der Waals surface area (Å²) in [5.74, 6) is -1.18. The Morgan fingerprint density at radius 2 is 1.86 bits per heavy atom. The number of aliphatic hydroxyl groups is 2. The van der Waals surface area contributed by atoms with Crippen LogP contribution in [0.1, 0.15) is 37.9 Å². The molecule has 4 N–H and O–H groups in total. The number of aromatic nitrogens is 1. The quantitative estimate of drug-likeness (QED) is 0.654. The van der Waals surface area contributed by atoms with Crippen LogP contribution in [0.5, 0.6) is 11.8 Å². The fraction of sp³-hybridized carbons (Fsp3) is 0.667. The fourth-order valence-corrected chi connectivity index (χ4v) is 4.20. The molecule has 0 saturated heterocycles. The first-order valence-corrected chi connectivity index (χ1v) is 7.21. The molecule has 2 bridgehead atoms.